The van der Waals surface area contributed by atoms with Gasteiger partial charge in [-0.3, -0.25) is 0 Å². The Morgan fingerprint density at radius 1 is 1.25 bits per heavy atom. The van der Waals surface area contributed by atoms with E-state index in [2.05, 4.69) is 16.6 Å². The van der Waals surface area contributed by atoms with Crippen molar-refractivity contribution in [3.63, 3.8) is 0 Å². The van der Waals surface area contributed by atoms with E-state index in [0.29, 0.717) is 19.6 Å². The van der Waals surface area contributed by atoms with Gasteiger partial charge in [-0.15, -0.1) is 0 Å². The summed E-state index contributed by atoms with van der Waals surface area (Å²) in [4.78, 5) is 21.6. The molecule has 0 fully saturated rings. The fraction of sp³-hybridized carbons (Fsp3) is 0.600. The molecule has 0 aliphatic carbocycles. The van der Waals surface area contributed by atoms with Crippen LogP contribution in [-0.4, -0.2) is 45.5 Å². The number of hydrogen-bond donors (Lipinski definition) is 1. The Kier molecular flexibility index (Phi) is 9.00. The molecule has 0 saturated carbocycles. The molecule has 0 heterocycles. The number of methoxy groups -OCH3 is 1. The fourth-order valence-electron chi connectivity index (χ4n) is 0.783. The second kappa shape index (κ2) is 9.97. The third-order valence-corrected chi connectivity index (χ3v) is 1.51. The average Bonchev–Trinajstić information content (AvgIpc) is 2.30. The number of nitrogens with one attached hydrogen (secondary N) is 1. The SMILES string of the molecule is C=CC(=O)OCCNC(=O)OCCCOC. The molecule has 0 unspecified atom stereocenters. The molecule has 6 heteroatoms. The molecule has 6 nitrogen and oxygen atoms in total. The number of carbonyl (C=O) groups is 2. The van der Waals surface area contributed by atoms with Crippen molar-refractivity contribution < 1.29 is 23.8 Å². The third kappa shape index (κ3) is 9.01. The van der Waals surface area contributed by atoms with Gasteiger partial charge in [0.15, 0.2) is 0 Å². The smallest absolute Gasteiger partial charge is 0.407 e. The van der Waals surface area contributed by atoms with Gasteiger partial charge in [0.25, 0.3) is 0 Å². The molecule has 0 saturated heterocycles. The van der Waals surface area contributed by atoms with E-state index in [9.17, 15) is 9.59 Å². The summed E-state index contributed by atoms with van der Waals surface area (Å²) >= 11 is 0. The minimum atomic E-state index is -0.536. The molecule has 16 heavy (non-hydrogen) atoms. The van der Waals surface area contributed by atoms with E-state index in [-0.39, 0.29) is 13.2 Å². The first kappa shape index (κ1) is 14.4. The van der Waals surface area contributed by atoms with Crippen LogP contribution in [-0.2, 0) is 19.0 Å². The van der Waals surface area contributed by atoms with Crippen LogP contribution in [0.4, 0.5) is 4.79 Å². The van der Waals surface area contributed by atoms with Gasteiger partial charge in [0, 0.05) is 26.2 Å². The van der Waals surface area contributed by atoms with Crippen LogP contribution < -0.4 is 5.32 Å². The van der Waals surface area contributed by atoms with Gasteiger partial charge in [-0.1, -0.05) is 6.58 Å². The van der Waals surface area contributed by atoms with Gasteiger partial charge in [-0.25, -0.2) is 9.59 Å². The maximum absolute atomic E-state index is 11.0. The monoisotopic (exact) mass is 231 g/mol. The zero-order chi connectivity index (χ0) is 12.2. The molecule has 92 valence electrons. The van der Waals surface area contributed by atoms with Gasteiger partial charge in [-0.2, -0.15) is 0 Å². The van der Waals surface area contributed by atoms with Crippen molar-refractivity contribution in [2.24, 2.45) is 0 Å². The van der Waals surface area contributed by atoms with E-state index in [1.807, 2.05) is 0 Å². The summed E-state index contributed by atoms with van der Waals surface area (Å²) in [6, 6.07) is 0. The van der Waals surface area contributed by atoms with Crippen LogP contribution in [0.3, 0.4) is 0 Å². The van der Waals surface area contributed by atoms with Crippen molar-refractivity contribution >= 4 is 12.1 Å². The van der Waals surface area contributed by atoms with Crippen molar-refractivity contribution in [2.45, 2.75) is 6.42 Å². The summed E-state index contributed by atoms with van der Waals surface area (Å²) < 4.78 is 14.2. The van der Waals surface area contributed by atoms with E-state index in [1.54, 1.807) is 7.11 Å². The van der Waals surface area contributed by atoms with Crippen LogP contribution in [0, 0.1) is 0 Å². The Bertz CT molecular complexity index is 229. The second-order valence-corrected chi connectivity index (χ2v) is 2.78. The molecule has 0 aromatic carbocycles. The third-order valence-electron chi connectivity index (χ3n) is 1.51. The molecular formula is C10H17NO5. The molecule has 1 amide bonds. The Morgan fingerprint density at radius 3 is 2.62 bits per heavy atom. The minimum Gasteiger partial charge on any atom is -0.461 e. The van der Waals surface area contributed by atoms with Crippen molar-refractivity contribution in [2.75, 3.05) is 33.5 Å². The second-order valence-electron chi connectivity index (χ2n) is 2.78. The number of ether oxygens (including phenoxy) is 3. The predicted molar refractivity (Wildman–Crippen MR) is 57.0 cm³/mol. The lowest BCUT2D eigenvalue weighted by Crippen LogP contribution is -2.28. The molecule has 0 spiro atoms. The van der Waals surface area contributed by atoms with Gasteiger partial charge < -0.3 is 19.5 Å². The zero-order valence-electron chi connectivity index (χ0n) is 9.36. The highest BCUT2D eigenvalue weighted by Crippen LogP contribution is 1.85. The molecule has 0 aliphatic heterocycles. The van der Waals surface area contributed by atoms with Crippen LogP contribution in [0.5, 0.6) is 0 Å². The zero-order valence-corrected chi connectivity index (χ0v) is 9.36. The van der Waals surface area contributed by atoms with Crippen molar-refractivity contribution in [1.82, 2.24) is 5.32 Å². The lowest BCUT2D eigenvalue weighted by Gasteiger charge is -2.06. The largest absolute Gasteiger partial charge is 0.461 e. The van der Waals surface area contributed by atoms with E-state index < -0.39 is 12.1 Å². The first-order chi connectivity index (χ1) is 7.70. The van der Waals surface area contributed by atoms with Crippen LogP contribution in [0.1, 0.15) is 6.42 Å². The highest BCUT2D eigenvalue weighted by atomic mass is 16.6. The van der Waals surface area contributed by atoms with Gasteiger partial charge in [0.2, 0.25) is 0 Å². The topological polar surface area (TPSA) is 73.9 Å². The Labute approximate surface area is 94.5 Å². The maximum Gasteiger partial charge on any atom is 0.407 e. The lowest BCUT2D eigenvalue weighted by atomic mass is 10.5. The number of amides is 1. The lowest BCUT2D eigenvalue weighted by molar-refractivity contribution is -0.137. The van der Waals surface area contributed by atoms with Crippen LogP contribution in [0.2, 0.25) is 0 Å². The minimum absolute atomic E-state index is 0.0953. The first-order valence-electron chi connectivity index (χ1n) is 4.89. The van der Waals surface area contributed by atoms with Crippen LogP contribution >= 0.6 is 0 Å². The maximum atomic E-state index is 11.0. The van der Waals surface area contributed by atoms with Gasteiger partial charge in [0.1, 0.15) is 6.61 Å². The molecular weight excluding hydrogens is 214 g/mol. The van der Waals surface area contributed by atoms with Gasteiger partial charge >= 0.3 is 12.1 Å². The van der Waals surface area contributed by atoms with E-state index >= 15 is 0 Å². The molecule has 0 rings (SSSR count). The van der Waals surface area contributed by atoms with Crippen molar-refractivity contribution in [3.8, 4) is 0 Å². The quantitative estimate of drug-likeness (QED) is 0.373. The average molecular weight is 231 g/mol. The van der Waals surface area contributed by atoms with Gasteiger partial charge in [0.05, 0.1) is 13.2 Å². The summed E-state index contributed by atoms with van der Waals surface area (Å²) in [7, 11) is 1.58. The fourth-order valence-corrected chi connectivity index (χ4v) is 0.783. The van der Waals surface area contributed by atoms with Crippen molar-refractivity contribution in [3.05, 3.63) is 12.7 Å². The van der Waals surface area contributed by atoms with E-state index in [4.69, 9.17) is 9.47 Å². The summed E-state index contributed by atoms with van der Waals surface area (Å²) in [5, 5.41) is 2.43. The predicted octanol–water partition coefficient (Wildman–Crippen LogP) is 0.478. The van der Waals surface area contributed by atoms with Crippen LogP contribution in [0.15, 0.2) is 12.7 Å². The van der Waals surface area contributed by atoms with E-state index in [1.165, 1.54) is 0 Å². The highest BCUT2D eigenvalue weighted by molar-refractivity contribution is 5.81. The highest BCUT2D eigenvalue weighted by Gasteiger charge is 2.01. The first-order valence-corrected chi connectivity index (χ1v) is 4.89. The van der Waals surface area contributed by atoms with Crippen LogP contribution in [0.25, 0.3) is 0 Å². The normalized spacial score (nSPS) is 9.31. The number of rotatable bonds is 8. The van der Waals surface area contributed by atoms with Crippen molar-refractivity contribution in [1.29, 1.82) is 0 Å². The summed E-state index contributed by atoms with van der Waals surface area (Å²) in [5.41, 5.74) is 0. The molecule has 0 aliphatic rings. The molecule has 0 aromatic heterocycles. The number of alkyl carbamates (subject to hydrolysis) is 1. The Balaban J connectivity index is 3.30. The standard InChI is InChI=1S/C10H17NO5/c1-3-9(12)15-8-5-11-10(13)16-7-4-6-14-2/h3H,1,4-8H2,2H3,(H,11,13). The Hall–Kier alpha value is -1.56. The summed E-state index contributed by atoms with van der Waals surface area (Å²) in [6.45, 7) is 4.38. The molecule has 0 bridgehead atoms. The van der Waals surface area contributed by atoms with E-state index in [0.717, 1.165) is 6.08 Å². The number of esters is 1. The van der Waals surface area contributed by atoms with Gasteiger partial charge in [-0.05, 0) is 0 Å². The Morgan fingerprint density at radius 2 is 2.00 bits per heavy atom. The molecule has 1 N–H and O–H groups in total. The summed E-state index contributed by atoms with van der Waals surface area (Å²) in [5.74, 6) is -0.518. The number of carbonyl (C=O) groups excluding carboxylic acids is 2. The number of hydrogen-bond acceptors (Lipinski definition) is 5. The molecule has 0 radical (unpaired) electrons. The molecule has 0 aromatic rings. The summed E-state index contributed by atoms with van der Waals surface area (Å²) in [6.07, 6.45) is 1.17. The molecule has 0 atom stereocenters.